The van der Waals surface area contributed by atoms with Crippen LogP contribution in [-0.2, 0) is 0 Å². The number of anilines is 3. The Morgan fingerprint density at radius 1 is 1.04 bits per heavy atom. The van der Waals surface area contributed by atoms with Crippen LogP contribution in [0, 0.1) is 6.92 Å². The molecule has 0 aliphatic carbocycles. The molecule has 2 N–H and O–H groups in total. The summed E-state index contributed by atoms with van der Waals surface area (Å²) in [4.78, 5) is 20.8. The minimum absolute atomic E-state index is 0.201. The molecule has 2 aromatic carbocycles. The van der Waals surface area contributed by atoms with E-state index in [1.54, 1.807) is 12.1 Å². The van der Waals surface area contributed by atoms with Crippen LogP contribution < -0.4 is 20.1 Å². The van der Waals surface area contributed by atoms with Gasteiger partial charge < -0.3 is 20.1 Å². The predicted molar refractivity (Wildman–Crippen MR) is 107 cm³/mol. The smallest absolute Gasteiger partial charge is 0.275 e. The SMILES string of the molecule is Cc1ccc(Cl)cc1NC(=O)c1cnc(Nc2ccc3c(c2)OCCO3)cn1. The molecule has 0 bridgehead atoms. The van der Waals surface area contributed by atoms with E-state index in [0.717, 1.165) is 11.3 Å². The highest BCUT2D eigenvalue weighted by Gasteiger charge is 2.13. The Labute approximate surface area is 166 Å². The number of fused-ring (bicyclic) bond motifs is 1. The Hall–Kier alpha value is -3.32. The van der Waals surface area contributed by atoms with Crippen LogP contribution in [0.5, 0.6) is 11.5 Å². The van der Waals surface area contributed by atoms with Gasteiger partial charge >= 0.3 is 0 Å². The number of halogens is 1. The fourth-order valence-corrected chi connectivity index (χ4v) is 2.87. The highest BCUT2D eigenvalue weighted by Crippen LogP contribution is 2.33. The van der Waals surface area contributed by atoms with Crippen molar-refractivity contribution in [3.05, 3.63) is 65.1 Å². The summed E-state index contributed by atoms with van der Waals surface area (Å²) in [6.45, 7) is 2.95. The minimum atomic E-state index is -0.358. The van der Waals surface area contributed by atoms with Gasteiger partial charge in [0.15, 0.2) is 11.5 Å². The summed E-state index contributed by atoms with van der Waals surface area (Å²) < 4.78 is 11.1. The van der Waals surface area contributed by atoms with Gasteiger partial charge in [0.2, 0.25) is 0 Å². The molecule has 0 atom stereocenters. The Morgan fingerprint density at radius 3 is 2.64 bits per heavy atom. The molecule has 4 rings (SSSR count). The number of ether oxygens (including phenoxy) is 2. The molecule has 1 aliphatic rings. The van der Waals surface area contributed by atoms with E-state index >= 15 is 0 Å². The van der Waals surface area contributed by atoms with Gasteiger partial charge in [0.25, 0.3) is 5.91 Å². The number of aromatic nitrogens is 2. The number of amides is 1. The van der Waals surface area contributed by atoms with E-state index in [2.05, 4.69) is 20.6 Å². The number of aryl methyl sites for hydroxylation is 1. The minimum Gasteiger partial charge on any atom is -0.486 e. The lowest BCUT2D eigenvalue weighted by Crippen LogP contribution is -2.15. The summed E-state index contributed by atoms with van der Waals surface area (Å²) in [6, 6.07) is 10.8. The molecular weight excluding hydrogens is 380 g/mol. The molecule has 0 unspecified atom stereocenters. The molecule has 142 valence electrons. The fraction of sp³-hybridized carbons (Fsp3) is 0.150. The van der Waals surface area contributed by atoms with Gasteiger partial charge in [-0.1, -0.05) is 17.7 Å². The second-order valence-corrected chi connectivity index (χ2v) is 6.62. The van der Waals surface area contributed by atoms with Crippen molar-refractivity contribution in [2.75, 3.05) is 23.8 Å². The summed E-state index contributed by atoms with van der Waals surface area (Å²) in [5.74, 6) is 1.54. The van der Waals surface area contributed by atoms with Gasteiger partial charge in [-0.2, -0.15) is 0 Å². The number of hydrogen-bond acceptors (Lipinski definition) is 6. The van der Waals surface area contributed by atoms with Crippen molar-refractivity contribution in [2.45, 2.75) is 6.92 Å². The van der Waals surface area contributed by atoms with Gasteiger partial charge in [0.05, 0.1) is 12.4 Å². The van der Waals surface area contributed by atoms with Crippen LogP contribution in [0.4, 0.5) is 17.2 Å². The zero-order chi connectivity index (χ0) is 19.5. The number of nitrogens with one attached hydrogen (secondary N) is 2. The molecule has 1 aromatic heterocycles. The van der Waals surface area contributed by atoms with E-state index in [0.29, 0.717) is 41.2 Å². The Kier molecular flexibility index (Phi) is 4.99. The van der Waals surface area contributed by atoms with Crippen LogP contribution in [-0.4, -0.2) is 29.1 Å². The normalized spacial score (nSPS) is 12.4. The van der Waals surface area contributed by atoms with Crippen LogP contribution in [0.2, 0.25) is 5.02 Å². The van der Waals surface area contributed by atoms with Crippen molar-refractivity contribution in [3.63, 3.8) is 0 Å². The first kappa shape index (κ1) is 18.1. The molecule has 1 aliphatic heterocycles. The van der Waals surface area contributed by atoms with Gasteiger partial charge in [-0.25, -0.2) is 9.97 Å². The molecule has 3 aromatic rings. The summed E-state index contributed by atoms with van der Waals surface area (Å²) in [5.41, 5.74) is 2.53. The van der Waals surface area contributed by atoms with E-state index in [1.807, 2.05) is 31.2 Å². The lowest BCUT2D eigenvalue weighted by atomic mass is 10.2. The largest absolute Gasteiger partial charge is 0.486 e. The van der Waals surface area contributed by atoms with Gasteiger partial charge in [0, 0.05) is 22.5 Å². The highest BCUT2D eigenvalue weighted by atomic mass is 35.5. The van der Waals surface area contributed by atoms with Gasteiger partial charge in [-0.05, 0) is 36.8 Å². The predicted octanol–water partition coefficient (Wildman–Crippen LogP) is 4.21. The fourth-order valence-electron chi connectivity index (χ4n) is 2.69. The topological polar surface area (TPSA) is 85.4 Å². The van der Waals surface area contributed by atoms with E-state index < -0.39 is 0 Å². The quantitative estimate of drug-likeness (QED) is 0.687. The van der Waals surface area contributed by atoms with Crippen LogP contribution in [0.25, 0.3) is 0 Å². The number of carbonyl (C=O) groups is 1. The second kappa shape index (κ2) is 7.74. The third-order valence-electron chi connectivity index (χ3n) is 4.15. The summed E-state index contributed by atoms with van der Waals surface area (Å²) in [6.07, 6.45) is 2.91. The second-order valence-electron chi connectivity index (χ2n) is 6.18. The molecule has 1 amide bonds. The summed E-state index contributed by atoms with van der Waals surface area (Å²) in [7, 11) is 0. The van der Waals surface area contributed by atoms with E-state index in [4.69, 9.17) is 21.1 Å². The van der Waals surface area contributed by atoms with Crippen LogP contribution >= 0.6 is 11.6 Å². The molecule has 0 fully saturated rings. The van der Waals surface area contributed by atoms with Crippen molar-refractivity contribution in [2.24, 2.45) is 0 Å². The van der Waals surface area contributed by atoms with Crippen molar-refractivity contribution in [1.82, 2.24) is 9.97 Å². The maximum absolute atomic E-state index is 12.4. The number of carbonyl (C=O) groups excluding carboxylic acids is 1. The first-order valence-corrected chi connectivity index (χ1v) is 9.02. The zero-order valence-electron chi connectivity index (χ0n) is 15.0. The van der Waals surface area contributed by atoms with Gasteiger partial charge in [-0.15, -0.1) is 0 Å². The van der Waals surface area contributed by atoms with Crippen LogP contribution in [0.1, 0.15) is 16.1 Å². The average Bonchev–Trinajstić information content (AvgIpc) is 2.71. The monoisotopic (exact) mass is 396 g/mol. The molecule has 0 saturated heterocycles. The van der Waals surface area contributed by atoms with E-state index in [1.165, 1.54) is 12.4 Å². The van der Waals surface area contributed by atoms with Crippen LogP contribution in [0.3, 0.4) is 0 Å². The number of hydrogen-bond donors (Lipinski definition) is 2. The first-order chi connectivity index (χ1) is 13.6. The number of rotatable bonds is 4. The molecule has 8 heteroatoms. The lowest BCUT2D eigenvalue weighted by molar-refractivity contribution is 0.102. The van der Waals surface area contributed by atoms with E-state index in [9.17, 15) is 4.79 Å². The molecular formula is C20H17ClN4O3. The first-order valence-electron chi connectivity index (χ1n) is 8.65. The Balaban J connectivity index is 1.45. The Morgan fingerprint density at radius 2 is 1.86 bits per heavy atom. The van der Waals surface area contributed by atoms with Crippen molar-refractivity contribution >= 4 is 34.7 Å². The maximum Gasteiger partial charge on any atom is 0.275 e. The molecule has 7 nitrogen and oxygen atoms in total. The third kappa shape index (κ3) is 3.99. The number of benzene rings is 2. The lowest BCUT2D eigenvalue weighted by Gasteiger charge is -2.19. The van der Waals surface area contributed by atoms with E-state index in [-0.39, 0.29) is 11.6 Å². The third-order valence-corrected chi connectivity index (χ3v) is 4.38. The highest BCUT2D eigenvalue weighted by molar-refractivity contribution is 6.31. The summed E-state index contributed by atoms with van der Waals surface area (Å²) >= 11 is 5.98. The molecule has 2 heterocycles. The average molecular weight is 397 g/mol. The molecule has 0 radical (unpaired) electrons. The maximum atomic E-state index is 12.4. The Bertz CT molecular complexity index is 1020. The standard InChI is InChI=1S/C20H17ClN4O3/c1-12-2-3-13(21)8-15(12)25-20(26)16-10-23-19(11-22-16)24-14-4-5-17-18(9-14)28-7-6-27-17/h2-5,8-11H,6-7H2,1H3,(H,23,24)(H,25,26). The van der Waals surface area contributed by atoms with Gasteiger partial charge in [0.1, 0.15) is 24.7 Å². The molecule has 0 saturated carbocycles. The molecule has 0 spiro atoms. The van der Waals surface area contributed by atoms with Crippen molar-refractivity contribution < 1.29 is 14.3 Å². The van der Waals surface area contributed by atoms with Crippen molar-refractivity contribution in [3.8, 4) is 11.5 Å². The number of nitrogens with zero attached hydrogens (tertiary/aromatic N) is 2. The zero-order valence-corrected chi connectivity index (χ0v) is 15.8. The van der Waals surface area contributed by atoms with Crippen molar-refractivity contribution in [1.29, 1.82) is 0 Å². The summed E-state index contributed by atoms with van der Waals surface area (Å²) in [5, 5.41) is 6.47. The van der Waals surface area contributed by atoms with Crippen LogP contribution in [0.15, 0.2) is 48.8 Å². The van der Waals surface area contributed by atoms with Gasteiger partial charge in [-0.3, -0.25) is 4.79 Å². The molecule has 28 heavy (non-hydrogen) atoms.